The number of alkyl halides is 3. The number of hydrogen-bond acceptors (Lipinski definition) is 6. The lowest BCUT2D eigenvalue weighted by Gasteiger charge is -2.32. The van der Waals surface area contributed by atoms with Crippen LogP contribution in [0.5, 0.6) is 0 Å². The van der Waals surface area contributed by atoms with Gasteiger partial charge >= 0.3 is 18.2 Å². The van der Waals surface area contributed by atoms with Gasteiger partial charge in [0.25, 0.3) is 0 Å². The molecule has 182 valence electrons. The van der Waals surface area contributed by atoms with Gasteiger partial charge in [-0.25, -0.2) is 19.2 Å². The molecule has 8 nitrogen and oxygen atoms in total. The zero-order chi connectivity index (χ0) is 24.0. The molecule has 12 heteroatoms. The fraction of sp³-hybridized carbons (Fsp3) is 0.714. The summed E-state index contributed by atoms with van der Waals surface area (Å²) in [5, 5.41) is 2.00. The number of likely N-dealkylation sites (tertiary alicyclic amines) is 1. The molecule has 0 unspecified atom stereocenters. The van der Waals surface area contributed by atoms with Gasteiger partial charge in [-0.05, 0) is 44.9 Å². The Kier molecular flexibility index (Phi) is 6.23. The second-order valence-electron chi connectivity index (χ2n) is 9.12. The van der Waals surface area contributed by atoms with E-state index in [-0.39, 0.29) is 30.5 Å². The highest BCUT2D eigenvalue weighted by atomic mass is 19.4. The van der Waals surface area contributed by atoms with Crippen molar-refractivity contribution in [2.24, 2.45) is 5.92 Å². The number of methoxy groups -OCH3 is 1. The standard InChI is InChI=1S/C21H26F4N4O4/c1-11-5-15(28-18(30)21(23,24)25)16(29(11)19(31)32-2)10-33-14-3-4-20(7-12(20)6-14)17-26-8-13(22)9-27-17/h8-9,11-12,14-16H,3-7,10H2,1-2H3,(H,28,30)/t11-,12+,14-,15+,16+,20+/m1/s1. The Labute approximate surface area is 188 Å². The van der Waals surface area contributed by atoms with Crippen LogP contribution in [-0.4, -0.2) is 71.0 Å². The van der Waals surface area contributed by atoms with Crippen molar-refractivity contribution in [1.29, 1.82) is 0 Å². The van der Waals surface area contributed by atoms with Crippen molar-refractivity contribution in [3.63, 3.8) is 0 Å². The summed E-state index contributed by atoms with van der Waals surface area (Å²) in [5.74, 6) is -1.63. The minimum Gasteiger partial charge on any atom is -0.453 e. The molecule has 4 rings (SSSR count). The van der Waals surface area contributed by atoms with E-state index in [1.54, 1.807) is 6.92 Å². The third kappa shape index (κ3) is 4.62. The lowest BCUT2D eigenvalue weighted by Crippen LogP contribution is -2.52. The third-order valence-corrected chi connectivity index (χ3v) is 7.11. The first-order valence-corrected chi connectivity index (χ1v) is 10.9. The molecule has 0 radical (unpaired) electrons. The number of ether oxygens (including phenoxy) is 2. The number of amides is 2. The van der Waals surface area contributed by atoms with Crippen molar-refractivity contribution in [1.82, 2.24) is 20.2 Å². The molecule has 2 amide bonds. The van der Waals surface area contributed by atoms with Gasteiger partial charge in [0, 0.05) is 11.5 Å². The lowest BCUT2D eigenvalue weighted by molar-refractivity contribution is -0.174. The average Bonchev–Trinajstić information content (AvgIpc) is 3.42. The Balaban J connectivity index is 1.39. The van der Waals surface area contributed by atoms with E-state index in [0.29, 0.717) is 18.7 Å². The monoisotopic (exact) mass is 474 g/mol. The van der Waals surface area contributed by atoms with Crippen LogP contribution in [-0.2, 0) is 19.7 Å². The van der Waals surface area contributed by atoms with Gasteiger partial charge in [-0.3, -0.25) is 9.69 Å². The summed E-state index contributed by atoms with van der Waals surface area (Å²) in [6.45, 7) is 1.66. The molecule has 6 atom stereocenters. The Hall–Kier alpha value is -2.50. The molecular formula is C21H26F4N4O4. The van der Waals surface area contributed by atoms with E-state index in [1.807, 2.05) is 5.32 Å². The number of nitrogens with zero attached hydrogens (tertiary/aromatic N) is 3. The van der Waals surface area contributed by atoms with Gasteiger partial charge in [0.15, 0.2) is 5.82 Å². The minimum absolute atomic E-state index is 0.0281. The highest BCUT2D eigenvalue weighted by molar-refractivity contribution is 5.82. The van der Waals surface area contributed by atoms with E-state index in [9.17, 15) is 27.2 Å². The van der Waals surface area contributed by atoms with Gasteiger partial charge in [0.05, 0.1) is 44.3 Å². The van der Waals surface area contributed by atoms with E-state index < -0.39 is 42.1 Å². The Morgan fingerprint density at radius 2 is 1.97 bits per heavy atom. The smallest absolute Gasteiger partial charge is 0.453 e. The van der Waals surface area contributed by atoms with Gasteiger partial charge in [-0.2, -0.15) is 13.2 Å². The van der Waals surface area contributed by atoms with Crippen molar-refractivity contribution < 1.29 is 36.6 Å². The summed E-state index contributed by atoms with van der Waals surface area (Å²) in [7, 11) is 1.19. The van der Waals surface area contributed by atoms with Gasteiger partial charge in [0.2, 0.25) is 0 Å². The van der Waals surface area contributed by atoms with Crippen LogP contribution in [0.3, 0.4) is 0 Å². The molecule has 0 aromatic carbocycles. The number of nitrogens with one attached hydrogen (secondary N) is 1. The Bertz CT molecular complexity index is 899. The van der Waals surface area contributed by atoms with Crippen LogP contribution in [0.25, 0.3) is 0 Å². The van der Waals surface area contributed by atoms with Gasteiger partial charge in [0.1, 0.15) is 5.82 Å². The first-order valence-electron chi connectivity index (χ1n) is 10.9. The molecule has 2 aliphatic carbocycles. The minimum atomic E-state index is -5.02. The summed E-state index contributed by atoms with van der Waals surface area (Å²) < 4.78 is 62.4. The SMILES string of the molecule is COC(=O)N1[C@H](C)C[C@H](NC(=O)C(F)(F)F)[C@@H]1CO[C@@H]1CC[C@]2(c3ncc(F)cn3)C[C@@H]2C1. The number of aromatic nitrogens is 2. The predicted octanol–water partition coefficient (Wildman–Crippen LogP) is 2.72. The third-order valence-electron chi connectivity index (χ3n) is 7.11. The number of fused-ring (bicyclic) bond motifs is 1. The molecule has 1 N–H and O–H groups in total. The molecule has 3 aliphatic rings. The second-order valence-corrected chi connectivity index (χ2v) is 9.12. The lowest BCUT2D eigenvalue weighted by atomic mass is 9.86. The molecule has 1 saturated heterocycles. The van der Waals surface area contributed by atoms with Crippen molar-refractivity contribution in [2.45, 2.75) is 74.8 Å². The molecule has 1 aliphatic heterocycles. The van der Waals surface area contributed by atoms with E-state index >= 15 is 0 Å². The van der Waals surface area contributed by atoms with Crippen molar-refractivity contribution in [2.75, 3.05) is 13.7 Å². The van der Waals surface area contributed by atoms with Gasteiger partial charge < -0.3 is 14.8 Å². The van der Waals surface area contributed by atoms with Crippen molar-refractivity contribution in [3.05, 3.63) is 24.0 Å². The quantitative estimate of drug-likeness (QED) is 0.660. The molecule has 0 spiro atoms. The number of halogens is 4. The maximum absolute atomic E-state index is 13.1. The van der Waals surface area contributed by atoms with Crippen LogP contribution >= 0.6 is 0 Å². The summed E-state index contributed by atoms with van der Waals surface area (Å²) >= 11 is 0. The fourth-order valence-corrected chi connectivity index (χ4v) is 5.37. The molecule has 0 bridgehead atoms. The molecule has 2 heterocycles. The molecule has 1 aromatic rings. The first-order chi connectivity index (χ1) is 15.5. The first kappa shape index (κ1) is 23.7. The second kappa shape index (κ2) is 8.69. The fourth-order valence-electron chi connectivity index (χ4n) is 5.37. The van der Waals surface area contributed by atoms with E-state index in [1.165, 1.54) is 12.0 Å². The zero-order valence-electron chi connectivity index (χ0n) is 18.3. The summed E-state index contributed by atoms with van der Waals surface area (Å²) in [4.78, 5) is 33.4. The largest absolute Gasteiger partial charge is 0.471 e. The number of carbonyl (C=O) groups is 2. The van der Waals surface area contributed by atoms with Gasteiger partial charge in [-0.1, -0.05) is 0 Å². The van der Waals surface area contributed by atoms with E-state index in [0.717, 1.165) is 25.2 Å². The highest BCUT2D eigenvalue weighted by Gasteiger charge is 2.60. The maximum Gasteiger partial charge on any atom is 0.471 e. The Morgan fingerprint density at radius 3 is 2.58 bits per heavy atom. The molecule has 2 saturated carbocycles. The maximum atomic E-state index is 13.1. The number of carbonyl (C=O) groups excluding carboxylic acids is 2. The normalized spacial score (nSPS) is 33.4. The summed E-state index contributed by atoms with van der Waals surface area (Å²) in [6, 6.07) is -2.13. The number of hydrogen-bond donors (Lipinski definition) is 1. The topological polar surface area (TPSA) is 93.7 Å². The van der Waals surface area contributed by atoms with Crippen molar-refractivity contribution in [3.8, 4) is 0 Å². The van der Waals surface area contributed by atoms with E-state index in [2.05, 4.69) is 9.97 Å². The zero-order valence-corrected chi connectivity index (χ0v) is 18.3. The van der Waals surface area contributed by atoms with Crippen LogP contribution in [0.2, 0.25) is 0 Å². The molecule has 3 fully saturated rings. The Morgan fingerprint density at radius 1 is 1.27 bits per heavy atom. The van der Waals surface area contributed by atoms with Gasteiger partial charge in [-0.15, -0.1) is 0 Å². The number of rotatable bonds is 5. The van der Waals surface area contributed by atoms with Crippen LogP contribution in [0, 0.1) is 11.7 Å². The van der Waals surface area contributed by atoms with Crippen LogP contribution in [0.15, 0.2) is 12.4 Å². The molecule has 33 heavy (non-hydrogen) atoms. The van der Waals surface area contributed by atoms with E-state index in [4.69, 9.17) is 9.47 Å². The predicted molar refractivity (Wildman–Crippen MR) is 105 cm³/mol. The molecule has 1 aromatic heterocycles. The van der Waals surface area contributed by atoms with Crippen LogP contribution in [0.1, 0.15) is 44.9 Å². The molecular weight excluding hydrogens is 448 g/mol. The summed E-state index contributed by atoms with van der Waals surface area (Å²) in [6.07, 6.45) is -0.365. The van der Waals surface area contributed by atoms with Crippen LogP contribution < -0.4 is 5.32 Å². The van der Waals surface area contributed by atoms with Crippen molar-refractivity contribution >= 4 is 12.0 Å². The average molecular weight is 474 g/mol. The summed E-state index contributed by atoms with van der Waals surface area (Å²) in [5.41, 5.74) is -0.170. The highest BCUT2D eigenvalue weighted by Crippen LogP contribution is 2.61. The van der Waals surface area contributed by atoms with Crippen LogP contribution in [0.4, 0.5) is 22.4 Å².